The zero-order valence-corrected chi connectivity index (χ0v) is 21.4. The third-order valence-corrected chi connectivity index (χ3v) is 7.48. The van der Waals surface area contributed by atoms with Gasteiger partial charge in [0, 0.05) is 22.8 Å². The Labute approximate surface area is 204 Å². The molecule has 0 heterocycles. The van der Waals surface area contributed by atoms with Crippen LogP contribution >= 0.6 is 27.7 Å². The fourth-order valence-electron chi connectivity index (χ4n) is 4.08. The van der Waals surface area contributed by atoms with Crippen molar-refractivity contribution < 1.29 is 9.59 Å². The van der Waals surface area contributed by atoms with Crippen molar-refractivity contribution in [1.82, 2.24) is 10.2 Å². The summed E-state index contributed by atoms with van der Waals surface area (Å²) in [5, 5.41) is 3.19. The molecule has 0 unspecified atom stereocenters. The van der Waals surface area contributed by atoms with E-state index in [-0.39, 0.29) is 17.9 Å². The van der Waals surface area contributed by atoms with Gasteiger partial charge in [-0.15, -0.1) is 11.8 Å². The average molecular weight is 518 g/mol. The summed E-state index contributed by atoms with van der Waals surface area (Å²) in [7, 11) is 0. The maximum atomic E-state index is 13.2. The fourth-order valence-corrected chi connectivity index (χ4v) is 5.20. The van der Waals surface area contributed by atoms with Gasteiger partial charge in [-0.1, -0.05) is 77.2 Å². The zero-order chi connectivity index (χ0) is 22.9. The molecule has 1 atom stereocenters. The Morgan fingerprint density at radius 2 is 1.81 bits per heavy atom. The standard InChI is InChI=1S/C26H33BrN2O2S/c1-19-7-6-8-22(15-19)17-32-18-25(30)29(16-21-11-13-23(27)14-12-21)20(2)26(31)28-24-9-4-3-5-10-24/h6-8,11-15,20,24H,3-5,9-10,16-18H2,1-2H3,(H,28,31)/t20-/m0/s1. The normalized spacial score (nSPS) is 15.2. The Hall–Kier alpha value is -1.79. The van der Waals surface area contributed by atoms with Crippen LogP contribution in [-0.2, 0) is 21.9 Å². The molecule has 1 aliphatic carbocycles. The van der Waals surface area contributed by atoms with Crippen molar-refractivity contribution >= 4 is 39.5 Å². The monoisotopic (exact) mass is 516 g/mol. The van der Waals surface area contributed by atoms with E-state index < -0.39 is 6.04 Å². The first-order valence-electron chi connectivity index (χ1n) is 11.4. The second-order valence-corrected chi connectivity index (χ2v) is 10.6. The molecule has 2 aromatic rings. The minimum atomic E-state index is -0.507. The maximum Gasteiger partial charge on any atom is 0.242 e. The minimum absolute atomic E-state index is 0.00290. The number of nitrogens with one attached hydrogen (secondary N) is 1. The average Bonchev–Trinajstić information content (AvgIpc) is 2.79. The van der Waals surface area contributed by atoms with E-state index in [0.29, 0.717) is 12.3 Å². The number of amides is 2. The molecule has 172 valence electrons. The van der Waals surface area contributed by atoms with Gasteiger partial charge in [0.05, 0.1) is 5.75 Å². The van der Waals surface area contributed by atoms with E-state index in [1.807, 2.05) is 37.3 Å². The van der Waals surface area contributed by atoms with Gasteiger partial charge >= 0.3 is 0 Å². The lowest BCUT2D eigenvalue weighted by Crippen LogP contribution is -2.50. The highest BCUT2D eigenvalue weighted by molar-refractivity contribution is 9.10. The Balaban J connectivity index is 1.64. The molecule has 6 heteroatoms. The number of hydrogen-bond donors (Lipinski definition) is 1. The van der Waals surface area contributed by atoms with Gasteiger partial charge in [0.15, 0.2) is 0 Å². The first-order chi connectivity index (χ1) is 15.4. The molecule has 1 saturated carbocycles. The molecule has 2 amide bonds. The Bertz CT molecular complexity index is 897. The number of thioether (sulfide) groups is 1. The van der Waals surface area contributed by atoms with Gasteiger partial charge in [-0.25, -0.2) is 0 Å². The summed E-state index contributed by atoms with van der Waals surface area (Å²) in [6, 6.07) is 16.0. The molecular weight excluding hydrogens is 484 g/mol. The number of carbonyl (C=O) groups is 2. The Morgan fingerprint density at radius 1 is 1.09 bits per heavy atom. The van der Waals surface area contributed by atoms with Crippen LogP contribution in [0.15, 0.2) is 53.0 Å². The Morgan fingerprint density at radius 3 is 2.50 bits per heavy atom. The molecule has 1 aliphatic rings. The van der Waals surface area contributed by atoms with Crippen LogP contribution in [0.4, 0.5) is 0 Å². The molecule has 1 fully saturated rings. The molecule has 1 N–H and O–H groups in total. The van der Waals surface area contributed by atoms with E-state index in [2.05, 4.69) is 46.4 Å². The molecule has 32 heavy (non-hydrogen) atoms. The first kappa shape index (κ1) is 24.8. The lowest BCUT2D eigenvalue weighted by molar-refractivity contribution is -0.139. The number of carbonyl (C=O) groups excluding carboxylic acids is 2. The predicted molar refractivity (Wildman–Crippen MR) is 137 cm³/mol. The number of rotatable bonds is 9. The van der Waals surface area contributed by atoms with Crippen LogP contribution in [0.1, 0.15) is 55.7 Å². The summed E-state index contributed by atoms with van der Waals surface area (Å²) in [5.41, 5.74) is 3.45. The van der Waals surface area contributed by atoms with E-state index >= 15 is 0 Å². The van der Waals surface area contributed by atoms with Gasteiger partial charge in [-0.05, 0) is 49.9 Å². The lowest BCUT2D eigenvalue weighted by atomic mass is 9.95. The van der Waals surface area contributed by atoms with Crippen molar-refractivity contribution in [2.24, 2.45) is 0 Å². The summed E-state index contributed by atoms with van der Waals surface area (Å²) < 4.78 is 0.996. The van der Waals surface area contributed by atoms with Crippen LogP contribution < -0.4 is 5.32 Å². The van der Waals surface area contributed by atoms with Crippen LogP contribution in [0.3, 0.4) is 0 Å². The second-order valence-electron chi connectivity index (χ2n) is 8.65. The molecule has 0 aromatic heterocycles. The number of aryl methyl sites for hydroxylation is 1. The van der Waals surface area contributed by atoms with Crippen LogP contribution in [-0.4, -0.2) is 34.6 Å². The summed E-state index contributed by atoms with van der Waals surface area (Å²) in [6.45, 7) is 4.35. The van der Waals surface area contributed by atoms with Crippen molar-refractivity contribution in [2.45, 2.75) is 70.3 Å². The topological polar surface area (TPSA) is 49.4 Å². The number of hydrogen-bond acceptors (Lipinski definition) is 3. The summed E-state index contributed by atoms with van der Waals surface area (Å²) in [5.74, 6) is 1.08. The molecule has 0 bridgehead atoms. The molecule has 0 spiro atoms. The van der Waals surface area contributed by atoms with Crippen LogP contribution in [0.5, 0.6) is 0 Å². The van der Waals surface area contributed by atoms with Gasteiger partial charge < -0.3 is 10.2 Å². The third kappa shape index (κ3) is 7.66. The predicted octanol–water partition coefficient (Wildman–Crippen LogP) is 5.86. The van der Waals surface area contributed by atoms with Crippen LogP contribution in [0.2, 0.25) is 0 Å². The molecule has 0 radical (unpaired) electrons. The van der Waals surface area contributed by atoms with Crippen LogP contribution in [0, 0.1) is 6.92 Å². The minimum Gasteiger partial charge on any atom is -0.352 e. The highest BCUT2D eigenvalue weighted by Gasteiger charge is 2.28. The van der Waals surface area contributed by atoms with E-state index in [1.54, 1.807) is 16.7 Å². The SMILES string of the molecule is Cc1cccc(CSCC(=O)N(Cc2ccc(Br)cc2)[C@@H](C)C(=O)NC2CCCCC2)c1. The highest BCUT2D eigenvalue weighted by atomic mass is 79.9. The zero-order valence-electron chi connectivity index (χ0n) is 19.0. The fraction of sp³-hybridized carbons (Fsp3) is 0.462. The largest absolute Gasteiger partial charge is 0.352 e. The van der Waals surface area contributed by atoms with Crippen molar-refractivity contribution in [3.05, 3.63) is 69.7 Å². The molecule has 3 rings (SSSR count). The Kier molecular flexibility index (Phi) is 9.67. The number of nitrogens with zero attached hydrogens (tertiary/aromatic N) is 1. The highest BCUT2D eigenvalue weighted by Crippen LogP contribution is 2.20. The smallest absolute Gasteiger partial charge is 0.242 e. The molecule has 4 nitrogen and oxygen atoms in total. The molecular formula is C26H33BrN2O2S. The summed E-state index contributed by atoms with van der Waals surface area (Å²) in [6.07, 6.45) is 5.64. The first-order valence-corrected chi connectivity index (χ1v) is 13.3. The van der Waals surface area contributed by atoms with E-state index in [0.717, 1.165) is 41.5 Å². The lowest BCUT2D eigenvalue weighted by Gasteiger charge is -2.31. The van der Waals surface area contributed by atoms with Gasteiger partial charge in [-0.3, -0.25) is 9.59 Å². The van der Waals surface area contributed by atoms with Crippen molar-refractivity contribution in [2.75, 3.05) is 5.75 Å². The van der Waals surface area contributed by atoms with Gasteiger partial charge in [0.25, 0.3) is 0 Å². The number of halogens is 1. The van der Waals surface area contributed by atoms with Gasteiger partial charge in [0.1, 0.15) is 6.04 Å². The quantitative estimate of drug-likeness (QED) is 0.454. The maximum absolute atomic E-state index is 13.2. The number of benzene rings is 2. The van der Waals surface area contributed by atoms with Crippen LogP contribution in [0.25, 0.3) is 0 Å². The van der Waals surface area contributed by atoms with Crippen molar-refractivity contribution in [3.8, 4) is 0 Å². The van der Waals surface area contributed by atoms with Gasteiger partial charge in [-0.2, -0.15) is 0 Å². The van der Waals surface area contributed by atoms with Crippen molar-refractivity contribution in [3.63, 3.8) is 0 Å². The summed E-state index contributed by atoms with van der Waals surface area (Å²) in [4.78, 5) is 28.0. The van der Waals surface area contributed by atoms with E-state index in [4.69, 9.17) is 0 Å². The second kappa shape index (κ2) is 12.4. The molecule has 2 aromatic carbocycles. The third-order valence-electron chi connectivity index (χ3n) is 5.96. The van der Waals surface area contributed by atoms with Crippen molar-refractivity contribution in [1.29, 1.82) is 0 Å². The van der Waals surface area contributed by atoms with Gasteiger partial charge in [0.2, 0.25) is 11.8 Å². The van der Waals surface area contributed by atoms with E-state index in [9.17, 15) is 9.59 Å². The van der Waals surface area contributed by atoms with E-state index in [1.165, 1.54) is 17.5 Å². The molecule has 0 aliphatic heterocycles. The summed E-state index contributed by atoms with van der Waals surface area (Å²) >= 11 is 5.06. The molecule has 0 saturated heterocycles.